The van der Waals surface area contributed by atoms with Crippen LogP contribution in [-0.4, -0.2) is 24.6 Å². The summed E-state index contributed by atoms with van der Waals surface area (Å²) in [5.74, 6) is -0.699. The van der Waals surface area contributed by atoms with Crippen molar-refractivity contribution in [1.29, 1.82) is 0 Å². The fourth-order valence-electron chi connectivity index (χ4n) is 4.08. The highest BCUT2D eigenvalue weighted by molar-refractivity contribution is 6.13. The zero-order valence-corrected chi connectivity index (χ0v) is 17.8. The molecule has 0 saturated carbocycles. The minimum atomic E-state index is -0.399. The minimum Gasteiger partial charge on any atom is -0.343 e. The van der Waals surface area contributed by atoms with E-state index in [0.717, 1.165) is 37.9 Å². The Hall–Kier alpha value is -4.51. The number of nitrogens with one attached hydrogen (secondary N) is 2. The lowest BCUT2D eigenvalue weighted by Gasteiger charge is -2.08. The summed E-state index contributed by atoms with van der Waals surface area (Å²) in [6.45, 7) is -0.171. The summed E-state index contributed by atoms with van der Waals surface area (Å²) in [5, 5.41) is 13.0. The van der Waals surface area contributed by atoms with Crippen molar-refractivity contribution in [3.8, 4) is 0 Å². The van der Waals surface area contributed by atoms with Crippen molar-refractivity contribution in [2.75, 3.05) is 6.54 Å². The normalized spacial score (nSPS) is 11.3. The maximum Gasteiger partial charge on any atom is 0.259 e. The molecule has 33 heavy (non-hydrogen) atoms. The first-order valence-electron chi connectivity index (χ1n) is 10.7. The number of rotatable bonds is 5. The molecule has 5 heteroatoms. The van der Waals surface area contributed by atoms with Gasteiger partial charge in [-0.1, -0.05) is 84.9 Å². The molecule has 5 rings (SSSR count). The van der Waals surface area contributed by atoms with Gasteiger partial charge in [-0.2, -0.15) is 5.10 Å². The van der Waals surface area contributed by atoms with E-state index in [2.05, 4.69) is 34.0 Å². The summed E-state index contributed by atoms with van der Waals surface area (Å²) < 4.78 is 0. The standard InChI is InChI=1S/C28H21N3O2/c32-27(18-29-28(33)25-15-7-11-19-8-1-4-12-22(19)25)31-30-17-26-23-13-5-2-9-20(23)16-21-10-3-6-14-24(21)26/h1-17H,18H2,(H,29,33)(H,31,32). The van der Waals surface area contributed by atoms with Gasteiger partial charge < -0.3 is 5.32 Å². The second-order valence-corrected chi connectivity index (χ2v) is 7.74. The Bertz CT molecular complexity index is 1480. The third-order valence-electron chi connectivity index (χ3n) is 5.64. The van der Waals surface area contributed by atoms with Crippen LogP contribution >= 0.6 is 0 Å². The Kier molecular flexibility index (Phi) is 5.52. The van der Waals surface area contributed by atoms with E-state index in [-0.39, 0.29) is 12.5 Å². The number of carbonyl (C=O) groups is 2. The second kappa shape index (κ2) is 8.93. The topological polar surface area (TPSA) is 70.6 Å². The maximum absolute atomic E-state index is 12.6. The molecule has 0 fully saturated rings. The number of benzene rings is 5. The van der Waals surface area contributed by atoms with Gasteiger partial charge in [0.05, 0.1) is 12.8 Å². The molecule has 0 aromatic heterocycles. The number of hydrogen-bond donors (Lipinski definition) is 2. The largest absolute Gasteiger partial charge is 0.343 e. The molecule has 0 aliphatic heterocycles. The minimum absolute atomic E-state index is 0.171. The van der Waals surface area contributed by atoms with E-state index in [1.165, 1.54) is 0 Å². The lowest BCUT2D eigenvalue weighted by Crippen LogP contribution is -2.35. The molecule has 0 spiro atoms. The van der Waals surface area contributed by atoms with Gasteiger partial charge in [0, 0.05) is 11.1 Å². The third kappa shape index (κ3) is 4.16. The molecule has 160 valence electrons. The van der Waals surface area contributed by atoms with Gasteiger partial charge in [0.25, 0.3) is 11.8 Å². The van der Waals surface area contributed by atoms with E-state index >= 15 is 0 Å². The molecular weight excluding hydrogens is 410 g/mol. The van der Waals surface area contributed by atoms with E-state index in [0.29, 0.717) is 5.56 Å². The summed E-state index contributed by atoms with van der Waals surface area (Å²) in [5.41, 5.74) is 3.99. The highest BCUT2D eigenvalue weighted by Crippen LogP contribution is 2.27. The molecule has 0 unspecified atom stereocenters. The zero-order chi connectivity index (χ0) is 22.6. The molecule has 0 heterocycles. The van der Waals surface area contributed by atoms with Crippen molar-refractivity contribution in [3.63, 3.8) is 0 Å². The summed E-state index contributed by atoms with van der Waals surface area (Å²) in [6.07, 6.45) is 1.66. The van der Waals surface area contributed by atoms with Crippen LogP contribution in [0.1, 0.15) is 15.9 Å². The van der Waals surface area contributed by atoms with Crippen molar-refractivity contribution in [1.82, 2.24) is 10.7 Å². The SMILES string of the molecule is O=C(CNC(=O)c1cccc2ccccc12)NN=Cc1c2ccccc2cc2ccccc12. The van der Waals surface area contributed by atoms with E-state index in [4.69, 9.17) is 0 Å². The molecule has 0 radical (unpaired) electrons. The Morgan fingerprint density at radius 1 is 0.697 bits per heavy atom. The van der Waals surface area contributed by atoms with Crippen molar-refractivity contribution < 1.29 is 9.59 Å². The van der Waals surface area contributed by atoms with Crippen LogP contribution in [0.2, 0.25) is 0 Å². The second-order valence-electron chi connectivity index (χ2n) is 7.74. The average molecular weight is 431 g/mol. The van der Waals surface area contributed by atoms with Crippen LogP contribution in [0.4, 0.5) is 0 Å². The fraction of sp³-hybridized carbons (Fsp3) is 0.0357. The Labute approximate surface area is 190 Å². The van der Waals surface area contributed by atoms with Crippen LogP contribution in [0.5, 0.6) is 0 Å². The molecule has 2 N–H and O–H groups in total. The molecular formula is C28H21N3O2. The van der Waals surface area contributed by atoms with Gasteiger partial charge in [-0.25, -0.2) is 5.43 Å². The summed E-state index contributed by atoms with van der Waals surface area (Å²) in [4.78, 5) is 24.9. The van der Waals surface area contributed by atoms with Gasteiger partial charge in [-0.15, -0.1) is 0 Å². The van der Waals surface area contributed by atoms with Gasteiger partial charge in [-0.3, -0.25) is 9.59 Å². The fourth-order valence-corrected chi connectivity index (χ4v) is 4.08. The Balaban J connectivity index is 1.30. The number of nitrogens with zero attached hydrogens (tertiary/aromatic N) is 1. The van der Waals surface area contributed by atoms with Crippen LogP contribution in [0, 0.1) is 0 Å². The summed E-state index contributed by atoms with van der Waals surface area (Å²) >= 11 is 0. The summed E-state index contributed by atoms with van der Waals surface area (Å²) in [6, 6.07) is 31.5. The molecule has 5 nitrogen and oxygen atoms in total. The van der Waals surface area contributed by atoms with E-state index in [9.17, 15) is 9.59 Å². The van der Waals surface area contributed by atoms with Crippen molar-refractivity contribution in [3.05, 3.63) is 108 Å². The van der Waals surface area contributed by atoms with Gasteiger partial charge >= 0.3 is 0 Å². The molecule has 2 amide bonds. The first-order valence-corrected chi connectivity index (χ1v) is 10.7. The molecule has 0 atom stereocenters. The van der Waals surface area contributed by atoms with Crippen LogP contribution in [-0.2, 0) is 4.79 Å². The highest BCUT2D eigenvalue weighted by Gasteiger charge is 2.11. The molecule has 5 aromatic carbocycles. The van der Waals surface area contributed by atoms with Crippen LogP contribution in [0.25, 0.3) is 32.3 Å². The predicted octanol–water partition coefficient (Wildman–Crippen LogP) is 5.03. The van der Waals surface area contributed by atoms with Gasteiger partial charge in [0.2, 0.25) is 0 Å². The number of hydrazone groups is 1. The zero-order valence-electron chi connectivity index (χ0n) is 17.8. The first kappa shape index (κ1) is 20.4. The van der Waals surface area contributed by atoms with Crippen molar-refractivity contribution in [2.45, 2.75) is 0 Å². The molecule has 0 saturated heterocycles. The van der Waals surface area contributed by atoms with Crippen LogP contribution in [0.15, 0.2) is 102 Å². The third-order valence-corrected chi connectivity index (χ3v) is 5.64. The molecule has 0 aliphatic rings. The smallest absolute Gasteiger partial charge is 0.259 e. The number of fused-ring (bicyclic) bond motifs is 3. The van der Waals surface area contributed by atoms with Gasteiger partial charge in [0.1, 0.15) is 0 Å². The van der Waals surface area contributed by atoms with Crippen molar-refractivity contribution in [2.24, 2.45) is 5.10 Å². The average Bonchev–Trinajstić information content (AvgIpc) is 2.86. The van der Waals surface area contributed by atoms with Crippen LogP contribution < -0.4 is 10.7 Å². The van der Waals surface area contributed by atoms with Crippen molar-refractivity contribution >= 4 is 50.3 Å². The Morgan fingerprint density at radius 3 is 1.97 bits per heavy atom. The quantitative estimate of drug-likeness (QED) is 0.233. The van der Waals surface area contributed by atoms with Crippen LogP contribution in [0.3, 0.4) is 0 Å². The molecule has 5 aromatic rings. The van der Waals surface area contributed by atoms with E-state index in [1.807, 2.05) is 72.8 Å². The molecule has 0 aliphatic carbocycles. The van der Waals surface area contributed by atoms with Gasteiger partial charge in [-0.05, 0) is 44.5 Å². The predicted molar refractivity (Wildman–Crippen MR) is 133 cm³/mol. The Morgan fingerprint density at radius 2 is 1.27 bits per heavy atom. The lowest BCUT2D eigenvalue weighted by molar-refractivity contribution is -0.120. The summed E-state index contributed by atoms with van der Waals surface area (Å²) in [7, 11) is 0. The highest BCUT2D eigenvalue weighted by atomic mass is 16.2. The number of hydrogen-bond acceptors (Lipinski definition) is 3. The lowest BCUT2D eigenvalue weighted by atomic mass is 9.97. The molecule has 0 bridgehead atoms. The van der Waals surface area contributed by atoms with E-state index < -0.39 is 5.91 Å². The van der Waals surface area contributed by atoms with Gasteiger partial charge in [0.15, 0.2) is 0 Å². The van der Waals surface area contributed by atoms with E-state index in [1.54, 1.807) is 12.3 Å². The first-order chi connectivity index (χ1) is 16.2. The monoisotopic (exact) mass is 431 g/mol. The number of amides is 2. The number of carbonyl (C=O) groups excluding carboxylic acids is 2. The maximum atomic E-state index is 12.6.